The van der Waals surface area contributed by atoms with Crippen LogP contribution in [0.1, 0.15) is 62.4 Å². The van der Waals surface area contributed by atoms with Crippen LogP contribution >= 0.6 is 0 Å². The van der Waals surface area contributed by atoms with E-state index in [1.165, 1.54) is 70.1 Å². The van der Waals surface area contributed by atoms with Crippen LogP contribution in [0.5, 0.6) is 51.7 Å². The van der Waals surface area contributed by atoms with Crippen LogP contribution in [0.2, 0.25) is 0 Å². The summed E-state index contributed by atoms with van der Waals surface area (Å²) in [5.41, 5.74) is 4.57. The molecule has 0 unspecified atom stereocenters. The maximum atomic E-state index is 14.0. The molecule has 0 saturated carbocycles. The molecule has 4 heterocycles. The second kappa shape index (κ2) is 31.0. The van der Waals surface area contributed by atoms with E-state index in [1.807, 2.05) is 12.1 Å². The Morgan fingerprint density at radius 2 is 0.705 bits per heavy atom. The van der Waals surface area contributed by atoms with Crippen LogP contribution in [-0.4, -0.2) is 189 Å². The van der Waals surface area contributed by atoms with Gasteiger partial charge in [-0.1, -0.05) is 0 Å². The Labute approximate surface area is 508 Å². The molecular weight excluding hydrogens is 1150 g/mol. The highest BCUT2D eigenvalue weighted by Gasteiger charge is 2.38. The fourth-order valence-corrected chi connectivity index (χ4v) is 9.93. The molecule has 1 aliphatic heterocycles. The van der Waals surface area contributed by atoms with Crippen molar-refractivity contribution in [3.63, 3.8) is 0 Å². The number of nitrogens with zero attached hydrogens (tertiary/aromatic N) is 6. The summed E-state index contributed by atoms with van der Waals surface area (Å²) in [7, 11) is 13.6. The van der Waals surface area contributed by atoms with Gasteiger partial charge in [0.15, 0.2) is 0 Å². The van der Waals surface area contributed by atoms with Gasteiger partial charge in [0.2, 0.25) is 0 Å². The number of nitrogens with one attached hydrogen (secondary N) is 2. The van der Waals surface area contributed by atoms with E-state index in [0.717, 1.165) is 0 Å². The van der Waals surface area contributed by atoms with Crippen molar-refractivity contribution in [2.45, 2.75) is 39.7 Å². The third-order valence-electron chi connectivity index (χ3n) is 14.2. The second-order valence-corrected chi connectivity index (χ2v) is 19.7. The second-order valence-electron chi connectivity index (χ2n) is 19.7. The first-order valence-electron chi connectivity index (χ1n) is 27.9. The number of benzene rings is 3. The zero-order valence-corrected chi connectivity index (χ0v) is 51.1. The fraction of sp³-hybridized carbons (Fsp3) is 0.403. The van der Waals surface area contributed by atoms with Crippen molar-refractivity contribution in [2.75, 3.05) is 130 Å². The predicted molar refractivity (Wildman–Crippen MR) is 317 cm³/mol. The van der Waals surface area contributed by atoms with Crippen molar-refractivity contribution >= 4 is 23.8 Å². The van der Waals surface area contributed by atoms with Gasteiger partial charge in [-0.05, 0) is 66.9 Å². The number of alkyl halides is 3. The van der Waals surface area contributed by atoms with E-state index in [-0.39, 0.29) is 56.5 Å². The van der Waals surface area contributed by atoms with Crippen molar-refractivity contribution in [1.82, 2.24) is 40.3 Å². The first kappa shape index (κ1) is 66.4. The van der Waals surface area contributed by atoms with E-state index < -0.39 is 36.5 Å². The van der Waals surface area contributed by atoms with Crippen molar-refractivity contribution in [2.24, 2.45) is 0 Å². The van der Waals surface area contributed by atoms with Crippen molar-refractivity contribution < 1.29 is 84.5 Å². The standard InChI is InChI=1S/C62H73F3N8O15/c1-12-87-59(75)47-26-38(56-51(83-8)30-44(79-4)31-52(56)84-9)23-41(69-47)35-72-18-16-71(17-19-73(21-20-72)36-42-24-39(27-48(70-42)60(76)88-13-2)57-53(85-10)32-45(80-5)33-54(57)86-11)34-40-22-37(55-49(81-6)28-43(78-3)29-50(55)82-7)25-46(68-40)58(74)66-14-15-67-61(77)62(63,64)65/h22-33H,12-21,34-36H2,1-11H3,(H,66,74)(H,67,77). The molecule has 0 bridgehead atoms. The number of carbonyl (C=O) groups excluding carboxylic acids is 4. The minimum Gasteiger partial charge on any atom is -0.496 e. The molecule has 1 fully saturated rings. The van der Waals surface area contributed by atoms with Gasteiger partial charge in [0.1, 0.15) is 68.8 Å². The van der Waals surface area contributed by atoms with Crippen molar-refractivity contribution in [1.29, 1.82) is 0 Å². The molecular formula is C62H73F3N8O15. The summed E-state index contributed by atoms with van der Waals surface area (Å²) in [6.45, 7) is 5.92. The lowest BCUT2D eigenvalue weighted by Crippen LogP contribution is -2.41. The molecule has 0 radical (unpaired) electrons. The maximum Gasteiger partial charge on any atom is 0.471 e. The molecule has 7 rings (SSSR count). The van der Waals surface area contributed by atoms with Gasteiger partial charge in [-0.25, -0.2) is 24.5 Å². The third-order valence-corrected chi connectivity index (χ3v) is 14.2. The summed E-state index contributed by atoms with van der Waals surface area (Å²) in [6.07, 6.45) is -5.11. The Morgan fingerprint density at radius 1 is 0.420 bits per heavy atom. The number of amides is 2. The van der Waals surface area contributed by atoms with E-state index in [1.54, 1.807) is 73.8 Å². The van der Waals surface area contributed by atoms with Gasteiger partial charge in [-0.15, -0.1) is 0 Å². The first-order valence-corrected chi connectivity index (χ1v) is 27.9. The van der Waals surface area contributed by atoms with Crippen LogP contribution in [0.15, 0.2) is 72.8 Å². The predicted octanol–water partition coefficient (Wildman–Crippen LogP) is 7.53. The molecule has 472 valence electrons. The van der Waals surface area contributed by atoms with E-state index in [4.69, 9.17) is 67.1 Å². The highest BCUT2D eigenvalue weighted by molar-refractivity contribution is 5.95. The summed E-state index contributed by atoms with van der Waals surface area (Å²) in [5, 5.41) is 4.34. The number of methoxy groups -OCH3 is 9. The molecule has 3 aromatic carbocycles. The van der Waals surface area contributed by atoms with E-state index >= 15 is 0 Å². The number of esters is 2. The Morgan fingerprint density at radius 3 is 0.977 bits per heavy atom. The minimum atomic E-state index is -5.11. The lowest BCUT2D eigenvalue weighted by Gasteiger charge is -2.26. The summed E-state index contributed by atoms with van der Waals surface area (Å²) in [6, 6.07) is 20.4. The summed E-state index contributed by atoms with van der Waals surface area (Å²) >= 11 is 0. The number of aromatic nitrogens is 3. The quantitative estimate of drug-likeness (QED) is 0.0394. The molecule has 26 heteroatoms. The molecule has 88 heavy (non-hydrogen) atoms. The zero-order chi connectivity index (χ0) is 63.7. The molecule has 2 N–H and O–H groups in total. The van der Waals surface area contributed by atoms with Gasteiger partial charge in [0.05, 0.1) is 111 Å². The van der Waals surface area contributed by atoms with Gasteiger partial charge in [0.25, 0.3) is 5.91 Å². The van der Waals surface area contributed by atoms with Gasteiger partial charge in [-0.2, -0.15) is 13.2 Å². The fourth-order valence-electron chi connectivity index (χ4n) is 9.93. The molecule has 6 aromatic rings. The van der Waals surface area contributed by atoms with Gasteiger partial charge < -0.3 is 62.7 Å². The average Bonchev–Trinajstić information content (AvgIpc) is 2.44. The molecule has 0 spiro atoms. The molecule has 1 aliphatic rings. The van der Waals surface area contributed by atoms with Gasteiger partial charge in [0, 0.05) is 108 Å². The number of rotatable bonds is 26. The number of halogens is 3. The van der Waals surface area contributed by atoms with Crippen molar-refractivity contribution in [3.05, 3.63) is 107 Å². The monoisotopic (exact) mass is 1230 g/mol. The SMILES string of the molecule is CCOC(=O)c1cc(-c2c(OC)cc(OC)cc2OC)cc(CN2CCN(Cc3cc(-c4c(OC)cc(OC)cc4OC)cc(C(=O)NCCNC(=O)C(F)(F)F)n3)CCN(Cc3cc(-c4c(OC)cc(OC)cc4OC)cc(C(=O)OCC)n3)CC2)n1. The van der Waals surface area contributed by atoms with E-state index in [2.05, 4.69) is 20.0 Å². The molecule has 1 saturated heterocycles. The topological polar surface area (TPSA) is 242 Å². The number of hydrogen-bond acceptors (Lipinski definition) is 21. The Kier molecular flexibility index (Phi) is 23.4. The van der Waals surface area contributed by atoms with E-state index in [9.17, 15) is 32.3 Å². The van der Waals surface area contributed by atoms with Crippen LogP contribution in [0.4, 0.5) is 13.2 Å². The first-order chi connectivity index (χ1) is 42.3. The van der Waals surface area contributed by atoms with Crippen LogP contribution in [0.3, 0.4) is 0 Å². The Balaban J connectivity index is 1.33. The van der Waals surface area contributed by atoms with Crippen molar-refractivity contribution in [3.8, 4) is 85.1 Å². The van der Waals surface area contributed by atoms with Crippen LogP contribution < -0.4 is 53.3 Å². The molecule has 0 aliphatic carbocycles. The lowest BCUT2D eigenvalue weighted by atomic mass is 10.0. The highest BCUT2D eigenvalue weighted by atomic mass is 19.4. The Hall–Kier alpha value is -9.14. The van der Waals surface area contributed by atoms with Crippen LogP contribution in [-0.2, 0) is 33.9 Å². The lowest BCUT2D eigenvalue weighted by molar-refractivity contribution is -0.173. The number of pyridine rings is 3. The largest absolute Gasteiger partial charge is 0.496 e. The summed E-state index contributed by atoms with van der Waals surface area (Å²) in [5.74, 6) is -0.415. The molecule has 2 amide bonds. The number of hydrogen-bond donors (Lipinski definition) is 2. The minimum absolute atomic E-state index is 0.0530. The number of ether oxygens (including phenoxy) is 11. The maximum absolute atomic E-state index is 14.0. The smallest absolute Gasteiger partial charge is 0.471 e. The van der Waals surface area contributed by atoms with E-state index in [0.29, 0.717) is 141 Å². The molecule has 3 aromatic heterocycles. The third kappa shape index (κ3) is 16.7. The summed E-state index contributed by atoms with van der Waals surface area (Å²) in [4.78, 5) is 73.9. The average molecular weight is 1230 g/mol. The Bertz CT molecular complexity index is 3230. The van der Waals surface area contributed by atoms with Gasteiger partial charge >= 0.3 is 24.0 Å². The number of carbonyl (C=O) groups is 4. The molecule has 23 nitrogen and oxygen atoms in total. The van der Waals surface area contributed by atoms with Crippen LogP contribution in [0, 0.1) is 0 Å². The zero-order valence-electron chi connectivity index (χ0n) is 51.1. The van der Waals surface area contributed by atoms with Crippen LogP contribution in [0.25, 0.3) is 33.4 Å². The van der Waals surface area contributed by atoms with Gasteiger partial charge in [-0.3, -0.25) is 24.3 Å². The summed E-state index contributed by atoms with van der Waals surface area (Å²) < 4.78 is 102. The normalized spacial score (nSPS) is 13.2. The molecule has 0 atom stereocenters. The highest BCUT2D eigenvalue weighted by Crippen LogP contribution is 2.45.